The Morgan fingerprint density at radius 2 is 1.84 bits per heavy atom. The van der Waals surface area contributed by atoms with Gasteiger partial charge in [0.25, 0.3) is 0 Å². The van der Waals surface area contributed by atoms with E-state index in [1.54, 1.807) is 0 Å². The van der Waals surface area contributed by atoms with Crippen molar-refractivity contribution in [1.82, 2.24) is 0 Å². The van der Waals surface area contributed by atoms with Crippen LogP contribution in [0.15, 0.2) is 34.9 Å². The van der Waals surface area contributed by atoms with Crippen LogP contribution in [-0.4, -0.2) is 17.9 Å². The first-order chi connectivity index (χ1) is 11.7. The third kappa shape index (κ3) is 3.02. The molecule has 0 aromatic rings. The molecule has 0 aromatic heterocycles. The predicted molar refractivity (Wildman–Crippen MR) is 98.8 cm³/mol. The van der Waals surface area contributed by atoms with Crippen LogP contribution in [0.5, 0.6) is 0 Å². The maximum Gasteiger partial charge on any atom is 0.302 e. The van der Waals surface area contributed by atoms with Crippen molar-refractivity contribution in [1.29, 1.82) is 0 Å². The molecule has 3 aliphatic carbocycles. The van der Waals surface area contributed by atoms with Crippen LogP contribution in [0.25, 0.3) is 0 Å². The van der Waals surface area contributed by atoms with Gasteiger partial charge in [0, 0.05) is 30.6 Å². The first kappa shape index (κ1) is 18.2. The lowest BCUT2D eigenvalue weighted by molar-refractivity contribution is -0.150. The molecule has 0 unspecified atom stereocenters. The van der Waals surface area contributed by atoms with Gasteiger partial charge in [-0.25, -0.2) is 0 Å². The zero-order valence-electron chi connectivity index (χ0n) is 16.1. The van der Waals surface area contributed by atoms with Gasteiger partial charge in [0.2, 0.25) is 0 Å². The maximum atomic E-state index is 13.2. The van der Waals surface area contributed by atoms with Gasteiger partial charge >= 0.3 is 5.97 Å². The van der Waals surface area contributed by atoms with E-state index in [9.17, 15) is 9.59 Å². The number of esters is 1. The minimum absolute atomic E-state index is 0.0293. The first-order valence-electron chi connectivity index (χ1n) is 9.48. The summed E-state index contributed by atoms with van der Waals surface area (Å²) >= 11 is 0. The summed E-state index contributed by atoms with van der Waals surface area (Å²) in [7, 11) is 0. The molecule has 3 aliphatic rings. The third-order valence-electron chi connectivity index (χ3n) is 6.42. The molecule has 136 valence electrons. The molecule has 0 N–H and O–H groups in total. The van der Waals surface area contributed by atoms with Crippen LogP contribution in [0.1, 0.15) is 53.9 Å². The fraction of sp³-hybridized carbons (Fsp3) is 0.636. The topological polar surface area (TPSA) is 43.4 Å². The van der Waals surface area contributed by atoms with E-state index in [4.69, 9.17) is 4.74 Å². The van der Waals surface area contributed by atoms with E-state index in [1.165, 1.54) is 29.2 Å². The zero-order valence-corrected chi connectivity index (χ0v) is 16.1. The molecular weight excluding hydrogens is 312 g/mol. The standard InChI is InChI=1S/C22H30O3/c1-11(2)9-18-20-12(3)7-8-16-13(4)19(25-15(6)23)10-17(21(16)20)14(5)22(18)24/h9,13-14,17-20H,3,7-8,10H2,1-2,4-6H3/t13-,14-,17-,18+,19+,20+/m0/s1. The van der Waals surface area contributed by atoms with E-state index in [2.05, 4.69) is 40.3 Å². The van der Waals surface area contributed by atoms with Gasteiger partial charge in [-0.05, 0) is 39.0 Å². The first-order valence-corrected chi connectivity index (χ1v) is 9.48. The Bertz CT molecular complexity index is 677. The van der Waals surface area contributed by atoms with Crippen molar-refractivity contribution in [2.24, 2.45) is 29.6 Å². The molecule has 0 bridgehead atoms. The summed E-state index contributed by atoms with van der Waals surface area (Å²) in [5.74, 6) is 0.552. The molecule has 0 spiro atoms. The van der Waals surface area contributed by atoms with Crippen LogP contribution >= 0.6 is 0 Å². The lowest BCUT2D eigenvalue weighted by atomic mass is 9.54. The number of carbonyl (C=O) groups is 2. The number of ketones is 1. The number of allylic oxidation sites excluding steroid dienone is 4. The maximum absolute atomic E-state index is 13.2. The molecule has 0 radical (unpaired) electrons. The Morgan fingerprint density at radius 3 is 2.44 bits per heavy atom. The van der Waals surface area contributed by atoms with Gasteiger partial charge in [-0.3, -0.25) is 9.59 Å². The zero-order chi connectivity index (χ0) is 18.5. The van der Waals surface area contributed by atoms with Gasteiger partial charge in [0.05, 0.1) is 0 Å². The fourth-order valence-corrected chi connectivity index (χ4v) is 5.27. The van der Waals surface area contributed by atoms with Gasteiger partial charge in [-0.1, -0.05) is 48.8 Å². The van der Waals surface area contributed by atoms with Crippen molar-refractivity contribution in [2.75, 3.05) is 0 Å². The van der Waals surface area contributed by atoms with Gasteiger partial charge in [-0.15, -0.1) is 0 Å². The van der Waals surface area contributed by atoms with Gasteiger partial charge < -0.3 is 4.74 Å². The normalized spacial score (nSPS) is 37.5. The molecule has 1 saturated carbocycles. The molecule has 3 nitrogen and oxygen atoms in total. The minimum Gasteiger partial charge on any atom is -0.462 e. The van der Waals surface area contributed by atoms with Crippen LogP contribution in [0, 0.1) is 29.6 Å². The summed E-state index contributed by atoms with van der Waals surface area (Å²) < 4.78 is 5.63. The Kier molecular flexibility index (Phi) is 4.78. The highest BCUT2D eigenvalue weighted by Crippen LogP contribution is 2.55. The number of rotatable bonds is 2. The quantitative estimate of drug-likeness (QED) is 0.542. The molecule has 6 atom stereocenters. The number of hydrogen-bond donors (Lipinski definition) is 0. The summed E-state index contributed by atoms with van der Waals surface area (Å²) in [6, 6.07) is 0. The van der Waals surface area contributed by atoms with Crippen molar-refractivity contribution in [3.05, 3.63) is 34.9 Å². The lowest BCUT2D eigenvalue weighted by Crippen LogP contribution is -2.48. The van der Waals surface area contributed by atoms with Gasteiger partial charge in [0.15, 0.2) is 0 Å². The summed E-state index contributed by atoms with van der Waals surface area (Å²) in [5.41, 5.74) is 5.25. The number of Topliss-reactive ketones (excluding diaryl/α,β-unsaturated/α-hetero) is 1. The average molecular weight is 342 g/mol. The molecule has 0 saturated heterocycles. The monoisotopic (exact) mass is 342 g/mol. The van der Waals surface area contributed by atoms with Crippen LogP contribution in [0.2, 0.25) is 0 Å². The Labute approximate surface area is 151 Å². The van der Waals surface area contributed by atoms with Crippen molar-refractivity contribution in [2.45, 2.75) is 60.0 Å². The Hall–Kier alpha value is -1.64. The molecule has 0 heterocycles. The van der Waals surface area contributed by atoms with Gasteiger partial charge in [-0.2, -0.15) is 0 Å². The highest BCUT2D eigenvalue weighted by Gasteiger charge is 2.51. The highest BCUT2D eigenvalue weighted by molar-refractivity contribution is 5.88. The summed E-state index contributed by atoms with van der Waals surface area (Å²) in [5, 5.41) is 0. The smallest absolute Gasteiger partial charge is 0.302 e. The predicted octanol–water partition coefficient (Wildman–Crippen LogP) is 4.64. The highest BCUT2D eigenvalue weighted by atomic mass is 16.5. The molecule has 0 amide bonds. The molecule has 0 aromatic carbocycles. The van der Waals surface area contributed by atoms with E-state index in [1.807, 2.05) is 0 Å². The van der Waals surface area contributed by atoms with Crippen molar-refractivity contribution >= 4 is 11.8 Å². The second kappa shape index (κ2) is 6.59. The van der Waals surface area contributed by atoms with Crippen LogP contribution in [-0.2, 0) is 14.3 Å². The van der Waals surface area contributed by atoms with E-state index >= 15 is 0 Å². The minimum atomic E-state index is -0.227. The van der Waals surface area contributed by atoms with Crippen LogP contribution in [0.4, 0.5) is 0 Å². The molecule has 25 heavy (non-hydrogen) atoms. The van der Waals surface area contributed by atoms with E-state index < -0.39 is 0 Å². The molecule has 3 rings (SSSR count). The summed E-state index contributed by atoms with van der Waals surface area (Å²) in [6.07, 6.45) is 4.72. The second-order valence-corrected chi connectivity index (χ2v) is 8.36. The van der Waals surface area contributed by atoms with E-state index in [0.29, 0.717) is 5.78 Å². The molecular formula is C22H30O3. The van der Waals surface area contributed by atoms with Crippen molar-refractivity contribution in [3.8, 4) is 0 Å². The molecule has 1 fully saturated rings. The summed E-state index contributed by atoms with van der Waals surface area (Å²) in [6.45, 7) is 14.2. The van der Waals surface area contributed by atoms with Crippen molar-refractivity contribution < 1.29 is 14.3 Å². The Balaban J connectivity index is 2.11. The third-order valence-corrected chi connectivity index (χ3v) is 6.42. The van der Waals surface area contributed by atoms with E-state index in [-0.39, 0.29) is 41.7 Å². The largest absolute Gasteiger partial charge is 0.462 e. The Morgan fingerprint density at radius 1 is 1.16 bits per heavy atom. The lowest BCUT2D eigenvalue weighted by Gasteiger charge is -2.50. The second-order valence-electron chi connectivity index (χ2n) is 8.36. The number of carbonyl (C=O) groups excluding carboxylic acids is 2. The number of ether oxygens (including phenoxy) is 1. The SMILES string of the molecule is C=C1CCC2=C3[C@H]1[C@@H](C=C(C)C)C(=O)[C@@H](C)[C@@H]3C[C@@H](OC(C)=O)[C@H]2C. The average Bonchev–Trinajstić information content (AvgIpc) is 2.52. The molecule has 3 heteroatoms. The van der Waals surface area contributed by atoms with Crippen LogP contribution < -0.4 is 0 Å². The van der Waals surface area contributed by atoms with Crippen LogP contribution in [0.3, 0.4) is 0 Å². The molecule has 0 aliphatic heterocycles. The van der Waals surface area contributed by atoms with Gasteiger partial charge in [0.1, 0.15) is 11.9 Å². The fourth-order valence-electron chi connectivity index (χ4n) is 5.27. The van der Waals surface area contributed by atoms with E-state index in [0.717, 1.165) is 19.3 Å². The summed E-state index contributed by atoms with van der Waals surface area (Å²) in [4.78, 5) is 24.7. The number of hydrogen-bond acceptors (Lipinski definition) is 3. The van der Waals surface area contributed by atoms with Crippen molar-refractivity contribution in [3.63, 3.8) is 0 Å².